The number of anilines is 1. The third kappa shape index (κ3) is 3.35. The molecule has 7 heteroatoms. The molecule has 1 aromatic carbocycles. The number of rotatable bonds is 4. The van der Waals surface area contributed by atoms with Crippen LogP contribution in [0.3, 0.4) is 0 Å². The molecule has 102 valence electrons. The van der Waals surface area contributed by atoms with E-state index >= 15 is 0 Å². The Labute approximate surface area is 113 Å². The molecule has 1 aromatic heterocycles. The molecule has 0 aliphatic rings. The molecule has 2 rings (SSSR count). The minimum absolute atomic E-state index is 0.116. The lowest BCUT2D eigenvalue weighted by atomic mass is 10.1. The summed E-state index contributed by atoms with van der Waals surface area (Å²) in [6.45, 7) is 0. The summed E-state index contributed by atoms with van der Waals surface area (Å²) in [6.07, 6.45) is 0.816. The molecule has 0 fully saturated rings. The van der Waals surface area contributed by atoms with Crippen LogP contribution < -0.4 is 5.32 Å². The van der Waals surface area contributed by atoms with Gasteiger partial charge in [0.05, 0.1) is 17.5 Å². The summed E-state index contributed by atoms with van der Waals surface area (Å²) in [5, 5.41) is 13.3. The normalized spacial score (nSPS) is 10.1. The van der Waals surface area contributed by atoms with Crippen LogP contribution in [0.4, 0.5) is 15.9 Å². The number of carbonyl (C=O) groups excluding carboxylic acids is 1. The van der Waals surface area contributed by atoms with Crippen molar-refractivity contribution in [2.24, 2.45) is 0 Å². The van der Waals surface area contributed by atoms with E-state index in [9.17, 15) is 19.3 Å². The number of nitrogens with zero attached hydrogens (tertiary/aromatic N) is 2. The Morgan fingerprint density at radius 3 is 2.70 bits per heavy atom. The zero-order chi connectivity index (χ0) is 14.5. The highest BCUT2D eigenvalue weighted by Crippen LogP contribution is 2.18. The molecule has 6 nitrogen and oxygen atoms in total. The van der Waals surface area contributed by atoms with Crippen molar-refractivity contribution in [1.82, 2.24) is 4.98 Å². The fourth-order valence-corrected chi connectivity index (χ4v) is 1.65. The van der Waals surface area contributed by atoms with Crippen molar-refractivity contribution in [2.45, 2.75) is 6.42 Å². The van der Waals surface area contributed by atoms with Crippen LogP contribution in [0.1, 0.15) is 5.56 Å². The third-order valence-corrected chi connectivity index (χ3v) is 2.53. The minimum Gasteiger partial charge on any atom is -0.310 e. The second kappa shape index (κ2) is 5.87. The highest BCUT2D eigenvalue weighted by Gasteiger charge is 2.15. The first kappa shape index (κ1) is 13.6. The maximum absolute atomic E-state index is 12.7. The van der Waals surface area contributed by atoms with Crippen LogP contribution in [0.2, 0.25) is 0 Å². The zero-order valence-corrected chi connectivity index (χ0v) is 10.2. The summed E-state index contributed by atoms with van der Waals surface area (Å²) in [7, 11) is 0. The number of pyridine rings is 1. The van der Waals surface area contributed by atoms with Gasteiger partial charge in [-0.15, -0.1) is 0 Å². The van der Waals surface area contributed by atoms with Crippen LogP contribution in [0.25, 0.3) is 0 Å². The summed E-state index contributed by atoms with van der Waals surface area (Å²) in [6, 6.07) is 8.46. The van der Waals surface area contributed by atoms with Crippen molar-refractivity contribution in [1.29, 1.82) is 0 Å². The maximum atomic E-state index is 12.7. The van der Waals surface area contributed by atoms with Gasteiger partial charge in [0.1, 0.15) is 11.6 Å². The number of nitro groups is 1. The number of carbonyl (C=O) groups is 1. The highest BCUT2D eigenvalue weighted by atomic mass is 19.1. The number of hydrogen-bond acceptors (Lipinski definition) is 4. The van der Waals surface area contributed by atoms with E-state index in [-0.39, 0.29) is 17.9 Å². The van der Waals surface area contributed by atoms with Crippen LogP contribution in [0.5, 0.6) is 0 Å². The molecular weight excluding hydrogens is 265 g/mol. The lowest BCUT2D eigenvalue weighted by molar-refractivity contribution is -0.385. The van der Waals surface area contributed by atoms with E-state index in [0.29, 0.717) is 5.56 Å². The van der Waals surface area contributed by atoms with Gasteiger partial charge in [0.2, 0.25) is 5.91 Å². The minimum atomic E-state index is -0.543. The summed E-state index contributed by atoms with van der Waals surface area (Å²) in [4.78, 5) is 25.7. The molecule has 0 bridgehead atoms. The SMILES string of the molecule is O=C(Cc1ccccc1[N+](=O)[O-])Nc1ccc(F)cn1. The molecule has 1 amide bonds. The summed E-state index contributed by atoms with van der Waals surface area (Å²) < 4.78 is 12.7. The standard InChI is InChI=1S/C13H10FN3O3/c14-10-5-6-12(15-8-10)16-13(18)7-9-3-1-2-4-11(9)17(19)20/h1-6,8H,7H2,(H,15,16,18). The van der Waals surface area contributed by atoms with Crippen LogP contribution in [-0.4, -0.2) is 15.8 Å². The number of benzene rings is 1. The highest BCUT2D eigenvalue weighted by molar-refractivity contribution is 5.91. The molecular formula is C13H10FN3O3. The smallest absolute Gasteiger partial charge is 0.273 e. The largest absolute Gasteiger partial charge is 0.310 e. The Balaban J connectivity index is 2.08. The van der Waals surface area contributed by atoms with Crippen molar-refractivity contribution in [3.8, 4) is 0 Å². The van der Waals surface area contributed by atoms with E-state index in [4.69, 9.17) is 0 Å². The van der Waals surface area contributed by atoms with Crippen LogP contribution >= 0.6 is 0 Å². The van der Waals surface area contributed by atoms with Gasteiger partial charge in [-0.05, 0) is 12.1 Å². The van der Waals surface area contributed by atoms with Crippen molar-refractivity contribution in [2.75, 3.05) is 5.32 Å². The molecule has 1 heterocycles. The zero-order valence-electron chi connectivity index (χ0n) is 10.2. The quantitative estimate of drug-likeness (QED) is 0.685. The number of halogens is 1. The fraction of sp³-hybridized carbons (Fsp3) is 0.0769. The predicted molar refractivity (Wildman–Crippen MR) is 69.6 cm³/mol. The molecule has 0 spiro atoms. The molecule has 0 aliphatic carbocycles. The Kier molecular flexibility index (Phi) is 3.99. The van der Waals surface area contributed by atoms with Crippen LogP contribution in [-0.2, 0) is 11.2 Å². The number of hydrogen-bond donors (Lipinski definition) is 1. The van der Waals surface area contributed by atoms with Gasteiger partial charge in [-0.3, -0.25) is 14.9 Å². The van der Waals surface area contributed by atoms with Gasteiger partial charge in [-0.25, -0.2) is 9.37 Å². The number of para-hydroxylation sites is 1. The topological polar surface area (TPSA) is 85.1 Å². The number of aromatic nitrogens is 1. The number of amides is 1. The number of nitrogens with one attached hydrogen (secondary N) is 1. The van der Waals surface area contributed by atoms with Crippen molar-refractivity contribution in [3.63, 3.8) is 0 Å². The Morgan fingerprint density at radius 2 is 2.05 bits per heavy atom. The Bertz CT molecular complexity index is 644. The average molecular weight is 275 g/mol. The van der Waals surface area contributed by atoms with Gasteiger partial charge in [-0.2, -0.15) is 0 Å². The summed E-state index contributed by atoms with van der Waals surface area (Å²) in [5.74, 6) is -0.782. The second-order valence-electron chi connectivity index (χ2n) is 3.97. The fourth-order valence-electron chi connectivity index (χ4n) is 1.65. The first-order valence-corrected chi connectivity index (χ1v) is 5.70. The maximum Gasteiger partial charge on any atom is 0.273 e. The molecule has 0 radical (unpaired) electrons. The van der Waals surface area contributed by atoms with E-state index in [1.807, 2.05) is 0 Å². The van der Waals surface area contributed by atoms with E-state index in [2.05, 4.69) is 10.3 Å². The molecule has 0 unspecified atom stereocenters. The molecule has 0 saturated heterocycles. The average Bonchev–Trinajstić information content (AvgIpc) is 2.41. The molecule has 20 heavy (non-hydrogen) atoms. The van der Waals surface area contributed by atoms with E-state index < -0.39 is 16.6 Å². The van der Waals surface area contributed by atoms with E-state index in [1.165, 1.54) is 24.3 Å². The monoisotopic (exact) mass is 275 g/mol. The molecule has 0 aliphatic heterocycles. The molecule has 2 aromatic rings. The van der Waals surface area contributed by atoms with Crippen molar-refractivity contribution >= 4 is 17.4 Å². The van der Waals surface area contributed by atoms with Gasteiger partial charge in [0.25, 0.3) is 5.69 Å². The summed E-state index contributed by atoms with van der Waals surface area (Å²) >= 11 is 0. The van der Waals surface area contributed by atoms with Crippen LogP contribution in [0.15, 0.2) is 42.6 Å². The Hall–Kier alpha value is -2.83. The lowest BCUT2D eigenvalue weighted by Crippen LogP contribution is -2.16. The van der Waals surface area contributed by atoms with Gasteiger partial charge in [-0.1, -0.05) is 18.2 Å². The van der Waals surface area contributed by atoms with Gasteiger partial charge < -0.3 is 5.32 Å². The molecule has 1 N–H and O–H groups in total. The first-order chi connectivity index (χ1) is 9.56. The number of nitro benzene ring substituents is 1. The molecule has 0 saturated carbocycles. The second-order valence-corrected chi connectivity index (χ2v) is 3.97. The van der Waals surface area contributed by atoms with Gasteiger partial charge in [0.15, 0.2) is 0 Å². The van der Waals surface area contributed by atoms with Crippen molar-refractivity contribution in [3.05, 3.63) is 64.1 Å². The Morgan fingerprint density at radius 1 is 1.30 bits per heavy atom. The van der Waals surface area contributed by atoms with Crippen LogP contribution in [0, 0.1) is 15.9 Å². The molecule has 0 atom stereocenters. The first-order valence-electron chi connectivity index (χ1n) is 5.70. The van der Waals surface area contributed by atoms with Gasteiger partial charge >= 0.3 is 0 Å². The van der Waals surface area contributed by atoms with Crippen molar-refractivity contribution < 1.29 is 14.1 Å². The van der Waals surface area contributed by atoms with E-state index in [1.54, 1.807) is 6.07 Å². The summed E-state index contributed by atoms with van der Waals surface area (Å²) in [5.41, 5.74) is 0.187. The lowest BCUT2D eigenvalue weighted by Gasteiger charge is -2.05. The third-order valence-electron chi connectivity index (χ3n) is 2.53. The van der Waals surface area contributed by atoms with Gasteiger partial charge in [0, 0.05) is 11.6 Å². The predicted octanol–water partition coefficient (Wildman–Crippen LogP) is 2.31. The van der Waals surface area contributed by atoms with E-state index in [0.717, 1.165) is 12.3 Å².